The summed E-state index contributed by atoms with van der Waals surface area (Å²) >= 11 is 0. The van der Waals surface area contributed by atoms with Gasteiger partial charge in [-0.3, -0.25) is 4.79 Å². The number of amides is 1. The molecule has 26 heavy (non-hydrogen) atoms. The molecule has 0 bridgehead atoms. The second kappa shape index (κ2) is 8.39. The molecule has 7 heteroatoms. The molecule has 2 aliphatic heterocycles. The summed E-state index contributed by atoms with van der Waals surface area (Å²) in [4.78, 5) is 15.2. The third-order valence-corrected chi connectivity index (χ3v) is 5.36. The van der Waals surface area contributed by atoms with Gasteiger partial charge >= 0.3 is 0 Å². The van der Waals surface area contributed by atoms with Gasteiger partial charge in [0, 0.05) is 44.8 Å². The molecule has 0 aliphatic carbocycles. The number of aromatic nitrogens is 2. The molecule has 0 spiro atoms. The maximum Gasteiger partial charge on any atom is 0.271 e. The number of nitrogens with zero attached hydrogens (tertiary/aromatic N) is 3. The molecule has 0 radical (unpaired) electrons. The van der Waals surface area contributed by atoms with Crippen molar-refractivity contribution < 1.29 is 14.3 Å². The first-order chi connectivity index (χ1) is 12.5. The van der Waals surface area contributed by atoms with Crippen LogP contribution in [-0.4, -0.2) is 66.1 Å². The van der Waals surface area contributed by atoms with Gasteiger partial charge in [0.05, 0.1) is 6.10 Å². The molecule has 0 aromatic carbocycles. The monoisotopic (exact) mass is 364 g/mol. The van der Waals surface area contributed by atoms with Gasteiger partial charge in [0.2, 0.25) is 5.88 Å². The molecule has 3 heterocycles. The van der Waals surface area contributed by atoms with Gasteiger partial charge in [-0.25, -0.2) is 4.68 Å². The molecule has 1 amide bonds. The SMILES string of the molecule is CC(C)Oc1cc(C(=O)NCC2(CN3CCCC3)CCOCC2)nn1C. The molecule has 3 rings (SSSR count). The van der Waals surface area contributed by atoms with Gasteiger partial charge in [-0.15, -0.1) is 0 Å². The average molecular weight is 364 g/mol. The molecule has 146 valence electrons. The van der Waals surface area contributed by atoms with E-state index in [1.54, 1.807) is 17.8 Å². The zero-order chi connectivity index (χ0) is 18.6. The Hall–Kier alpha value is -1.60. The van der Waals surface area contributed by atoms with E-state index in [-0.39, 0.29) is 17.4 Å². The van der Waals surface area contributed by atoms with Crippen molar-refractivity contribution in [2.75, 3.05) is 39.4 Å². The number of hydrogen-bond acceptors (Lipinski definition) is 5. The lowest BCUT2D eigenvalue weighted by Crippen LogP contribution is -2.48. The second-order valence-corrected chi connectivity index (χ2v) is 7.94. The number of ether oxygens (including phenoxy) is 2. The highest BCUT2D eigenvalue weighted by molar-refractivity contribution is 5.92. The number of likely N-dealkylation sites (tertiary alicyclic amines) is 1. The maximum atomic E-state index is 12.6. The minimum Gasteiger partial charge on any atom is -0.475 e. The molecule has 1 aromatic heterocycles. The van der Waals surface area contributed by atoms with Crippen LogP contribution >= 0.6 is 0 Å². The number of rotatable bonds is 7. The highest BCUT2D eigenvalue weighted by atomic mass is 16.5. The lowest BCUT2D eigenvalue weighted by atomic mass is 9.79. The Labute approximate surface area is 156 Å². The number of nitrogens with one attached hydrogen (secondary N) is 1. The lowest BCUT2D eigenvalue weighted by Gasteiger charge is -2.40. The standard InChI is InChI=1S/C19H32N4O3/c1-15(2)26-17-12-16(21-22(17)3)18(24)20-13-19(6-10-25-11-7-19)14-23-8-4-5-9-23/h12,15H,4-11,13-14H2,1-3H3,(H,20,24). The van der Waals surface area contributed by atoms with E-state index >= 15 is 0 Å². The van der Waals surface area contributed by atoms with Crippen LogP contribution in [0.3, 0.4) is 0 Å². The predicted molar refractivity (Wildman–Crippen MR) is 99.5 cm³/mol. The minimum absolute atomic E-state index is 0.0484. The maximum absolute atomic E-state index is 12.6. The molecule has 0 atom stereocenters. The van der Waals surface area contributed by atoms with Crippen LogP contribution in [0.4, 0.5) is 0 Å². The van der Waals surface area contributed by atoms with Crippen LogP contribution in [-0.2, 0) is 11.8 Å². The van der Waals surface area contributed by atoms with Crippen LogP contribution in [0.2, 0.25) is 0 Å². The Bertz CT molecular complexity index is 602. The molecule has 2 fully saturated rings. The molecule has 0 saturated carbocycles. The first kappa shape index (κ1) is 19.2. The molecule has 2 aliphatic rings. The van der Waals surface area contributed by atoms with Gasteiger partial charge in [0.1, 0.15) is 0 Å². The largest absolute Gasteiger partial charge is 0.475 e. The molecule has 1 N–H and O–H groups in total. The Morgan fingerprint density at radius 1 is 1.35 bits per heavy atom. The Kier molecular flexibility index (Phi) is 6.19. The van der Waals surface area contributed by atoms with Gasteiger partial charge in [-0.05, 0) is 52.6 Å². The van der Waals surface area contributed by atoms with Crippen LogP contribution in [0.15, 0.2) is 6.07 Å². The first-order valence-electron chi connectivity index (χ1n) is 9.76. The van der Waals surface area contributed by atoms with E-state index < -0.39 is 0 Å². The van der Waals surface area contributed by atoms with Gasteiger partial charge in [-0.2, -0.15) is 5.10 Å². The van der Waals surface area contributed by atoms with Crippen LogP contribution in [0.1, 0.15) is 50.0 Å². The number of carbonyl (C=O) groups excluding carboxylic acids is 1. The van der Waals surface area contributed by atoms with Gasteiger partial charge < -0.3 is 19.7 Å². The Balaban J connectivity index is 1.61. The summed E-state index contributed by atoms with van der Waals surface area (Å²) < 4.78 is 12.9. The van der Waals surface area contributed by atoms with Crippen molar-refractivity contribution >= 4 is 5.91 Å². The van der Waals surface area contributed by atoms with Gasteiger partial charge in [0.25, 0.3) is 5.91 Å². The van der Waals surface area contributed by atoms with E-state index in [0.29, 0.717) is 18.1 Å². The quantitative estimate of drug-likeness (QED) is 0.799. The zero-order valence-corrected chi connectivity index (χ0v) is 16.3. The van der Waals surface area contributed by atoms with Crippen molar-refractivity contribution in [2.24, 2.45) is 12.5 Å². The molecule has 2 saturated heterocycles. The minimum atomic E-state index is -0.133. The van der Waals surface area contributed by atoms with Crippen molar-refractivity contribution in [3.05, 3.63) is 11.8 Å². The predicted octanol–water partition coefficient (Wildman–Crippen LogP) is 1.83. The van der Waals surface area contributed by atoms with Crippen molar-refractivity contribution in [2.45, 2.75) is 45.6 Å². The fraction of sp³-hybridized carbons (Fsp3) is 0.789. The highest BCUT2D eigenvalue weighted by Crippen LogP contribution is 2.32. The van der Waals surface area contributed by atoms with Crippen molar-refractivity contribution in [1.29, 1.82) is 0 Å². The second-order valence-electron chi connectivity index (χ2n) is 7.94. The van der Waals surface area contributed by atoms with Crippen LogP contribution in [0.25, 0.3) is 0 Å². The van der Waals surface area contributed by atoms with E-state index in [2.05, 4.69) is 15.3 Å². The summed E-state index contributed by atoms with van der Waals surface area (Å²) in [6.07, 6.45) is 4.60. The van der Waals surface area contributed by atoms with E-state index in [9.17, 15) is 4.79 Å². The van der Waals surface area contributed by atoms with E-state index in [0.717, 1.165) is 32.6 Å². The third-order valence-electron chi connectivity index (χ3n) is 5.36. The topological polar surface area (TPSA) is 68.6 Å². The average Bonchev–Trinajstić information content (AvgIpc) is 3.23. The van der Waals surface area contributed by atoms with Gasteiger partial charge in [-0.1, -0.05) is 0 Å². The smallest absolute Gasteiger partial charge is 0.271 e. The summed E-state index contributed by atoms with van der Waals surface area (Å²) in [5, 5.41) is 7.42. The highest BCUT2D eigenvalue weighted by Gasteiger charge is 2.35. The molecule has 0 unspecified atom stereocenters. The zero-order valence-electron chi connectivity index (χ0n) is 16.3. The van der Waals surface area contributed by atoms with Crippen molar-refractivity contribution in [3.63, 3.8) is 0 Å². The number of carbonyl (C=O) groups is 1. The summed E-state index contributed by atoms with van der Waals surface area (Å²) in [7, 11) is 1.79. The van der Waals surface area contributed by atoms with E-state index in [1.807, 2.05) is 13.8 Å². The number of aryl methyl sites for hydroxylation is 1. The fourth-order valence-corrected chi connectivity index (χ4v) is 3.88. The van der Waals surface area contributed by atoms with Crippen molar-refractivity contribution in [3.8, 4) is 5.88 Å². The lowest BCUT2D eigenvalue weighted by molar-refractivity contribution is -0.000655. The van der Waals surface area contributed by atoms with Gasteiger partial charge in [0.15, 0.2) is 5.69 Å². The summed E-state index contributed by atoms with van der Waals surface area (Å²) in [5.74, 6) is 0.481. The molecular formula is C19H32N4O3. The molecular weight excluding hydrogens is 332 g/mol. The molecule has 7 nitrogen and oxygen atoms in total. The van der Waals surface area contributed by atoms with E-state index in [1.165, 1.54) is 25.9 Å². The fourth-order valence-electron chi connectivity index (χ4n) is 3.88. The Morgan fingerprint density at radius 3 is 2.69 bits per heavy atom. The Morgan fingerprint density at radius 2 is 2.04 bits per heavy atom. The van der Waals surface area contributed by atoms with Crippen molar-refractivity contribution in [1.82, 2.24) is 20.0 Å². The van der Waals surface area contributed by atoms with Crippen LogP contribution in [0, 0.1) is 5.41 Å². The normalized spacial score (nSPS) is 20.5. The van der Waals surface area contributed by atoms with Crippen LogP contribution < -0.4 is 10.1 Å². The molecule has 1 aromatic rings. The third kappa shape index (κ3) is 4.76. The summed E-state index contributed by atoms with van der Waals surface area (Å²) in [5.41, 5.74) is 0.510. The first-order valence-corrected chi connectivity index (χ1v) is 9.76. The van der Waals surface area contributed by atoms with E-state index in [4.69, 9.17) is 9.47 Å². The van der Waals surface area contributed by atoms with Crippen LogP contribution in [0.5, 0.6) is 5.88 Å². The summed E-state index contributed by atoms with van der Waals surface area (Å²) in [6.45, 7) is 9.53. The summed E-state index contributed by atoms with van der Waals surface area (Å²) in [6, 6.07) is 1.71. The number of hydrogen-bond donors (Lipinski definition) is 1.